The molecule has 1 N–H and O–H groups in total. The minimum atomic E-state index is -2.45. The van der Waals surface area contributed by atoms with E-state index >= 15 is 0 Å². The zero-order valence-electron chi connectivity index (χ0n) is 9.66. The second-order valence-corrected chi connectivity index (χ2v) is 4.61. The summed E-state index contributed by atoms with van der Waals surface area (Å²) in [6.45, 7) is 0.0491. The molecule has 0 aliphatic heterocycles. The number of halogens is 2. The van der Waals surface area contributed by atoms with E-state index in [2.05, 4.69) is 15.4 Å². The summed E-state index contributed by atoms with van der Waals surface area (Å²) >= 11 is 0.461. The lowest BCUT2D eigenvalue weighted by molar-refractivity contribution is -0.116. The second kappa shape index (κ2) is 6.28. The summed E-state index contributed by atoms with van der Waals surface area (Å²) in [5, 5.41) is 6.44. The van der Waals surface area contributed by atoms with E-state index in [9.17, 15) is 13.6 Å². The number of hydrogen-bond acceptors (Lipinski definition) is 4. The molecule has 0 bridgehead atoms. The van der Waals surface area contributed by atoms with E-state index in [4.69, 9.17) is 0 Å². The van der Waals surface area contributed by atoms with Crippen LogP contribution in [-0.2, 0) is 11.3 Å². The van der Waals surface area contributed by atoms with Crippen molar-refractivity contribution in [3.63, 3.8) is 0 Å². The zero-order chi connectivity index (χ0) is 13.7. The maximum Gasteiger partial charge on any atom is 0.288 e. The molecule has 2 aromatic rings. The highest BCUT2D eigenvalue weighted by molar-refractivity contribution is 7.99. The van der Waals surface area contributed by atoms with Crippen LogP contribution in [0.5, 0.6) is 0 Å². The standard InChI is InChI=1S/C11H10F2N4OS/c12-11(13)19-9-3-1-8(2-4-9)16-10(18)5-17-7-14-6-15-17/h1-4,6-7,11H,5H2,(H,16,18). The molecule has 19 heavy (non-hydrogen) atoms. The van der Waals surface area contributed by atoms with Crippen molar-refractivity contribution in [1.82, 2.24) is 14.8 Å². The molecule has 0 spiro atoms. The molecule has 0 atom stereocenters. The number of nitrogens with one attached hydrogen (secondary N) is 1. The van der Waals surface area contributed by atoms with E-state index in [0.29, 0.717) is 22.3 Å². The van der Waals surface area contributed by atoms with Gasteiger partial charge in [0.25, 0.3) is 5.76 Å². The van der Waals surface area contributed by atoms with Crippen molar-refractivity contribution in [2.75, 3.05) is 5.32 Å². The summed E-state index contributed by atoms with van der Waals surface area (Å²) in [4.78, 5) is 15.8. The Morgan fingerprint density at radius 3 is 2.68 bits per heavy atom. The van der Waals surface area contributed by atoms with Gasteiger partial charge in [-0.2, -0.15) is 13.9 Å². The van der Waals surface area contributed by atoms with E-state index in [0.717, 1.165) is 0 Å². The molecule has 0 aliphatic carbocycles. The van der Waals surface area contributed by atoms with Gasteiger partial charge in [-0.05, 0) is 24.3 Å². The lowest BCUT2D eigenvalue weighted by Gasteiger charge is -2.06. The molecule has 0 aliphatic rings. The van der Waals surface area contributed by atoms with Crippen molar-refractivity contribution in [3.8, 4) is 0 Å². The third kappa shape index (κ3) is 4.32. The SMILES string of the molecule is O=C(Cn1cncn1)Nc1ccc(SC(F)F)cc1. The Kier molecular flexibility index (Phi) is 4.45. The lowest BCUT2D eigenvalue weighted by atomic mass is 10.3. The minimum absolute atomic E-state index is 0.0491. The van der Waals surface area contributed by atoms with Gasteiger partial charge >= 0.3 is 0 Å². The molecule has 8 heteroatoms. The average molecular weight is 284 g/mol. The van der Waals surface area contributed by atoms with Gasteiger partial charge in [-0.1, -0.05) is 11.8 Å². The van der Waals surface area contributed by atoms with Crippen LogP contribution < -0.4 is 5.32 Å². The van der Waals surface area contributed by atoms with E-state index in [1.807, 2.05) is 0 Å². The summed E-state index contributed by atoms with van der Waals surface area (Å²) in [5.41, 5.74) is 0.545. The van der Waals surface area contributed by atoms with Crippen LogP contribution in [-0.4, -0.2) is 26.4 Å². The van der Waals surface area contributed by atoms with Crippen LogP contribution in [0.3, 0.4) is 0 Å². The fraction of sp³-hybridized carbons (Fsp3) is 0.182. The van der Waals surface area contributed by atoms with Gasteiger partial charge in [0, 0.05) is 10.6 Å². The maximum absolute atomic E-state index is 12.1. The van der Waals surface area contributed by atoms with Crippen molar-refractivity contribution in [2.45, 2.75) is 17.2 Å². The Labute approximate surface area is 112 Å². The molecule has 5 nitrogen and oxygen atoms in total. The second-order valence-electron chi connectivity index (χ2n) is 3.54. The van der Waals surface area contributed by atoms with Gasteiger partial charge in [-0.15, -0.1) is 0 Å². The van der Waals surface area contributed by atoms with Gasteiger partial charge in [0.05, 0.1) is 0 Å². The predicted octanol–water partition coefficient (Wildman–Crippen LogP) is 2.23. The number of alkyl halides is 2. The molecule has 0 radical (unpaired) electrons. The van der Waals surface area contributed by atoms with Crippen molar-refractivity contribution < 1.29 is 13.6 Å². The summed E-state index contributed by atoms with van der Waals surface area (Å²) in [6.07, 6.45) is 2.77. The third-order valence-corrected chi connectivity index (χ3v) is 2.86. The first kappa shape index (κ1) is 13.5. The third-order valence-electron chi connectivity index (χ3n) is 2.14. The lowest BCUT2D eigenvalue weighted by Crippen LogP contribution is -2.18. The normalized spacial score (nSPS) is 10.7. The molecule has 0 saturated heterocycles. The first-order valence-electron chi connectivity index (χ1n) is 5.30. The number of aromatic nitrogens is 3. The molecule has 0 fully saturated rings. The Bertz CT molecular complexity index is 530. The highest BCUT2D eigenvalue weighted by Crippen LogP contribution is 2.26. The molecule has 1 aromatic heterocycles. The number of anilines is 1. The summed E-state index contributed by atoms with van der Waals surface area (Å²) in [7, 11) is 0. The fourth-order valence-corrected chi connectivity index (χ4v) is 1.88. The number of carbonyl (C=O) groups excluding carboxylic acids is 1. The Morgan fingerprint density at radius 2 is 2.11 bits per heavy atom. The molecule has 100 valence electrons. The minimum Gasteiger partial charge on any atom is -0.324 e. The monoisotopic (exact) mass is 284 g/mol. The maximum atomic E-state index is 12.1. The first-order chi connectivity index (χ1) is 9.13. The van der Waals surface area contributed by atoms with Gasteiger partial charge in [0.1, 0.15) is 19.2 Å². The molecular formula is C11H10F2N4OS. The van der Waals surface area contributed by atoms with Gasteiger partial charge < -0.3 is 5.32 Å². The Balaban J connectivity index is 1.90. The van der Waals surface area contributed by atoms with Crippen LogP contribution in [0, 0.1) is 0 Å². The van der Waals surface area contributed by atoms with Crippen LogP contribution in [0.25, 0.3) is 0 Å². The van der Waals surface area contributed by atoms with Gasteiger partial charge in [-0.3, -0.25) is 4.79 Å². The number of carbonyl (C=O) groups is 1. The van der Waals surface area contributed by atoms with Crippen molar-refractivity contribution in [2.24, 2.45) is 0 Å². The Hall–Kier alpha value is -1.96. The molecule has 0 saturated carbocycles. The van der Waals surface area contributed by atoms with Gasteiger partial charge in [-0.25, -0.2) is 9.67 Å². The predicted molar refractivity (Wildman–Crippen MR) is 67.0 cm³/mol. The number of nitrogens with zero attached hydrogens (tertiary/aromatic N) is 3. The molecular weight excluding hydrogens is 274 g/mol. The highest BCUT2D eigenvalue weighted by Gasteiger charge is 2.06. The summed E-state index contributed by atoms with van der Waals surface area (Å²) < 4.78 is 25.6. The average Bonchev–Trinajstić information content (AvgIpc) is 2.83. The van der Waals surface area contributed by atoms with E-state index in [1.165, 1.54) is 29.5 Å². The Morgan fingerprint density at radius 1 is 1.37 bits per heavy atom. The molecule has 1 heterocycles. The van der Waals surface area contributed by atoms with E-state index in [1.54, 1.807) is 12.1 Å². The van der Waals surface area contributed by atoms with Gasteiger partial charge in [0.2, 0.25) is 5.91 Å². The number of benzene rings is 1. The van der Waals surface area contributed by atoms with E-state index in [-0.39, 0.29) is 12.5 Å². The number of amides is 1. The quantitative estimate of drug-likeness (QED) is 0.855. The highest BCUT2D eigenvalue weighted by atomic mass is 32.2. The van der Waals surface area contributed by atoms with Crippen LogP contribution >= 0.6 is 11.8 Å². The van der Waals surface area contributed by atoms with Crippen molar-refractivity contribution in [1.29, 1.82) is 0 Å². The van der Waals surface area contributed by atoms with Crippen LogP contribution in [0.2, 0.25) is 0 Å². The number of hydrogen-bond donors (Lipinski definition) is 1. The fourth-order valence-electron chi connectivity index (χ4n) is 1.38. The molecule has 1 aromatic carbocycles. The smallest absolute Gasteiger partial charge is 0.288 e. The van der Waals surface area contributed by atoms with Crippen molar-refractivity contribution in [3.05, 3.63) is 36.9 Å². The number of thioether (sulfide) groups is 1. The molecule has 0 unspecified atom stereocenters. The molecule has 2 rings (SSSR count). The van der Waals surface area contributed by atoms with Crippen LogP contribution in [0.15, 0.2) is 41.8 Å². The zero-order valence-corrected chi connectivity index (χ0v) is 10.5. The van der Waals surface area contributed by atoms with Crippen LogP contribution in [0.1, 0.15) is 0 Å². The van der Waals surface area contributed by atoms with Crippen molar-refractivity contribution >= 4 is 23.4 Å². The van der Waals surface area contributed by atoms with Crippen LogP contribution in [0.4, 0.5) is 14.5 Å². The topological polar surface area (TPSA) is 59.8 Å². The molecule has 1 amide bonds. The number of rotatable bonds is 5. The van der Waals surface area contributed by atoms with E-state index < -0.39 is 5.76 Å². The summed E-state index contributed by atoms with van der Waals surface area (Å²) in [5.74, 6) is -2.72. The summed E-state index contributed by atoms with van der Waals surface area (Å²) in [6, 6.07) is 6.21. The van der Waals surface area contributed by atoms with Gasteiger partial charge in [0.15, 0.2) is 0 Å². The largest absolute Gasteiger partial charge is 0.324 e. The first-order valence-corrected chi connectivity index (χ1v) is 6.18.